The summed E-state index contributed by atoms with van der Waals surface area (Å²) in [5, 5.41) is 11.7. The van der Waals surface area contributed by atoms with E-state index in [0.29, 0.717) is 17.4 Å². The smallest absolute Gasteiger partial charge is 0.191 e. The molecule has 1 saturated carbocycles. The minimum absolute atomic E-state index is 0.179. The molecule has 3 aromatic rings. The summed E-state index contributed by atoms with van der Waals surface area (Å²) in [6.07, 6.45) is 3.16. The Labute approximate surface area is 156 Å². The zero-order valence-corrected chi connectivity index (χ0v) is 16.0. The Morgan fingerprint density at radius 3 is 2.92 bits per heavy atom. The fourth-order valence-corrected chi connectivity index (χ4v) is 4.70. The number of thiophene rings is 1. The van der Waals surface area contributed by atoms with Crippen molar-refractivity contribution < 1.29 is 4.39 Å². The first kappa shape index (κ1) is 16.3. The molecule has 0 amide bonds. The van der Waals surface area contributed by atoms with Gasteiger partial charge in [-0.1, -0.05) is 33.8 Å². The summed E-state index contributed by atoms with van der Waals surface area (Å²) in [5.41, 5.74) is 0.680. The summed E-state index contributed by atoms with van der Waals surface area (Å²) in [6.45, 7) is 0. The van der Waals surface area contributed by atoms with Crippen molar-refractivity contribution in [3.63, 3.8) is 0 Å². The summed E-state index contributed by atoms with van der Waals surface area (Å²) in [5.74, 6) is 1.38. The van der Waals surface area contributed by atoms with Crippen molar-refractivity contribution in [3.05, 3.63) is 62.3 Å². The Kier molecular flexibility index (Phi) is 4.74. The third-order valence-electron chi connectivity index (χ3n) is 3.92. The molecule has 2 aromatic heterocycles. The van der Waals surface area contributed by atoms with Gasteiger partial charge in [-0.05, 0) is 48.1 Å². The van der Waals surface area contributed by atoms with Crippen LogP contribution in [0.3, 0.4) is 0 Å². The fraction of sp³-hybridized carbons (Fsp3) is 0.294. The first-order chi connectivity index (χ1) is 11.7. The standard InChI is InChI=1S/C17H15BrFN3S2/c18-12-3-6-15(19)11(8-12)10-24-17-21-20-16(22(17)13-4-5-13)9-14-2-1-7-23-14/h1-3,6-8,13H,4-5,9-10H2. The van der Waals surface area contributed by atoms with E-state index in [9.17, 15) is 4.39 Å². The van der Waals surface area contributed by atoms with Crippen LogP contribution >= 0.6 is 39.0 Å². The average Bonchev–Trinajstić information content (AvgIpc) is 3.12. The Morgan fingerprint density at radius 1 is 1.29 bits per heavy atom. The lowest BCUT2D eigenvalue weighted by Crippen LogP contribution is -2.03. The van der Waals surface area contributed by atoms with Gasteiger partial charge in [0.1, 0.15) is 11.6 Å². The number of halogens is 2. The molecule has 4 rings (SSSR count). The molecule has 0 bridgehead atoms. The number of hydrogen-bond acceptors (Lipinski definition) is 4. The van der Waals surface area contributed by atoms with E-state index in [2.05, 4.69) is 48.2 Å². The van der Waals surface area contributed by atoms with Crippen LogP contribution < -0.4 is 0 Å². The monoisotopic (exact) mass is 423 g/mol. The van der Waals surface area contributed by atoms with Crippen LogP contribution in [0.5, 0.6) is 0 Å². The Morgan fingerprint density at radius 2 is 2.17 bits per heavy atom. The highest BCUT2D eigenvalue weighted by Crippen LogP contribution is 2.40. The summed E-state index contributed by atoms with van der Waals surface area (Å²) in [7, 11) is 0. The van der Waals surface area contributed by atoms with Crippen molar-refractivity contribution in [3.8, 4) is 0 Å². The first-order valence-electron chi connectivity index (χ1n) is 7.73. The molecule has 7 heteroatoms. The Balaban J connectivity index is 1.55. The highest BCUT2D eigenvalue weighted by atomic mass is 79.9. The molecule has 124 valence electrons. The zero-order chi connectivity index (χ0) is 16.5. The molecule has 0 N–H and O–H groups in total. The van der Waals surface area contributed by atoms with Gasteiger partial charge in [-0.15, -0.1) is 21.5 Å². The van der Waals surface area contributed by atoms with Gasteiger partial charge in [0.15, 0.2) is 5.16 Å². The molecule has 1 aliphatic rings. The largest absolute Gasteiger partial charge is 0.303 e. The van der Waals surface area contributed by atoms with Gasteiger partial charge >= 0.3 is 0 Å². The number of nitrogens with zero attached hydrogens (tertiary/aromatic N) is 3. The van der Waals surface area contributed by atoms with Gasteiger partial charge in [-0.3, -0.25) is 0 Å². The molecule has 0 aliphatic heterocycles. The second-order valence-corrected chi connectivity index (χ2v) is 8.67. The van der Waals surface area contributed by atoms with Gasteiger partial charge in [0, 0.05) is 27.6 Å². The number of benzene rings is 1. The van der Waals surface area contributed by atoms with Crippen LogP contribution in [0.1, 0.15) is 35.1 Å². The van der Waals surface area contributed by atoms with Crippen LogP contribution in [0.15, 0.2) is 45.3 Å². The predicted molar refractivity (Wildman–Crippen MR) is 99.1 cm³/mol. The highest BCUT2D eigenvalue weighted by molar-refractivity contribution is 9.10. The number of aromatic nitrogens is 3. The van der Waals surface area contributed by atoms with E-state index in [1.807, 2.05) is 6.07 Å². The lowest BCUT2D eigenvalue weighted by atomic mass is 10.2. The van der Waals surface area contributed by atoms with Crippen molar-refractivity contribution in [1.82, 2.24) is 14.8 Å². The molecule has 0 spiro atoms. The predicted octanol–water partition coefficient (Wildman–Crippen LogP) is 5.46. The molecule has 0 saturated heterocycles. The molecular formula is C17H15BrFN3S2. The fourth-order valence-electron chi connectivity index (χ4n) is 2.59. The lowest BCUT2D eigenvalue weighted by molar-refractivity contribution is 0.616. The molecule has 1 aliphatic carbocycles. The lowest BCUT2D eigenvalue weighted by Gasteiger charge is -2.09. The molecule has 2 heterocycles. The van der Waals surface area contributed by atoms with E-state index >= 15 is 0 Å². The molecule has 3 nitrogen and oxygen atoms in total. The summed E-state index contributed by atoms with van der Waals surface area (Å²) < 4.78 is 17.1. The quantitative estimate of drug-likeness (QED) is 0.493. The van der Waals surface area contributed by atoms with Crippen LogP contribution in [-0.4, -0.2) is 14.8 Å². The molecular weight excluding hydrogens is 409 g/mol. The SMILES string of the molecule is Fc1ccc(Br)cc1CSc1nnc(Cc2cccs2)n1C1CC1. The molecule has 0 unspecified atom stereocenters. The molecule has 24 heavy (non-hydrogen) atoms. The highest BCUT2D eigenvalue weighted by Gasteiger charge is 2.29. The zero-order valence-electron chi connectivity index (χ0n) is 12.8. The summed E-state index contributed by atoms with van der Waals surface area (Å²) in [4.78, 5) is 1.29. The number of hydrogen-bond donors (Lipinski definition) is 0. The van der Waals surface area contributed by atoms with Crippen molar-refractivity contribution in [2.24, 2.45) is 0 Å². The third-order valence-corrected chi connectivity index (χ3v) is 6.29. The van der Waals surface area contributed by atoms with Gasteiger partial charge < -0.3 is 4.57 Å². The average molecular weight is 424 g/mol. The van der Waals surface area contributed by atoms with E-state index in [-0.39, 0.29) is 5.82 Å². The topological polar surface area (TPSA) is 30.7 Å². The van der Waals surface area contributed by atoms with Crippen LogP contribution in [0.2, 0.25) is 0 Å². The maximum atomic E-state index is 13.9. The van der Waals surface area contributed by atoms with Crippen molar-refractivity contribution in [2.45, 2.75) is 36.2 Å². The molecule has 1 aromatic carbocycles. The third kappa shape index (κ3) is 3.58. The van der Waals surface area contributed by atoms with Crippen LogP contribution in [0.4, 0.5) is 4.39 Å². The Bertz CT molecular complexity index is 844. The van der Waals surface area contributed by atoms with Gasteiger partial charge in [0.05, 0.1) is 0 Å². The van der Waals surface area contributed by atoms with Crippen LogP contribution in [0, 0.1) is 5.82 Å². The number of thioether (sulfide) groups is 1. The Hall–Kier alpha value is -1.18. The summed E-state index contributed by atoms with van der Waals surface area (Å²) >= 11 is 6.70. The summed E-state index contributed by atoms with van der Waals surface area (Å²) in [6, 6.07) is 9.73. The maximum Gasteiger partial charge on any atom is 0.191 e. The molecule has 1 fully saturated rings. The van der Waals surface area contributed by atoms with E-state index in [0.717, 1.165) is 21.9 Å². The van der Waals surface area contributed by atoms with Gasteiger partial charge in [0.25, 0.3) is 0 Å². The minimum atomic E-state index is -0.179. The first-order valence-corrected chi connectivity index (χ1v) is 10.4. The normalized spacial score (nSPS) is 14.2. The molecule has 0 atom stereocenters. The van der Waals surface area contributed by atoms with Crippen LogP contribution in [0.25, 0.3) is 0 Å². The van der Waals surface area contributed by atoms with E-state index in [1.165, 1.54) is 23.8 Å². The van der Waals surface area contributed by atoms with Gasteiger partial charge in [-0.25, -0.2) is 4.39 Å². The maximum absolute atomic E-state index is 13.9. The molecule has 0 radical (unpaired) electrons. The van der Waals surface area contributed by atoms with Crippen LogP contribution in [-0.2, 0) is 12.2 Å². The minimum Gasteiger partial charge on any atom is -0.303 e. The van der Waals surface area contributed by atoms with Gasteiger partial charge in [-0.2, -0.15) is 0 Å². The van der Waals surface area contributed by atoms with Crippen molar-refractivity contribution in [1.29, 1.82) is 0 Å². The van der Waals surface area contributed by atoms with E-state index in [1.54, 1.807) is 29.2 Å². The van der Waals surface area contributed by atoms with Crippen molar-refractivity contribution in [2.75, 3.05) is 0 Å². The van der Waals surface area contributed by atoms with Crippen molar-refractivity contribution >= 4 is 39.0 Å². The van der Waals surface area contributed by atoms with E-state index in [4.69, 9.17) is 0 Å². The second-order valence-electron chi connectivity index (χ2n) is 5.78. The number of rotatable bonds is 6. The van der Waals surface area contributed by atoms with Gasteiger partial charge in [0.2, 0.25) is 0 Å². The second kappa shape index (κ2) is 6.98. The van der Waals surface area contributed by atoms with E-state index < -0.39 is 0 Å².